The topological polar surface area (TPSA) is 55.3 Å². The molecule has 0 spiro atoms. The van der Waals surface area contributed by atoms with Crippen molar-refractivity contribution in [2.45, 2.75) is 19.3 Å². The summed E-state index contributed by atoms with van der Waals surface area (Å²) in [7, 11) is 6.82. The number of rotatable bonds is 8. The fraction of sp³-hybridized carbons (Fsp3) is 0.458. The van der Waals surface area contributed by atoms with E-state index >= 15 is 0 Å². The van der Waals surface area contributed by atoms with E-state index in [2.05, 4.69) is 45.5 Å². The largest absolute Gasteiger partial charge is 0.496 e. The highest BCUT2D eigenvalue weighted by molar-refractivity contribution is 5.80. The molecule has 0 saturated carbocycles. The highest BCUT2D eigenvalue weighted by Crippen LogP contribution is 2.34. The minimum atomic E-state index is 0.660. The Morgan fingerprint density at radius 1 is 1.07 bits per heavy atom. The third kappa shape index (κ3) is 5.38. The summed E-state index contributed by atoms with van der Waals surface area (Å²) in [5, 5.41) is 3.51. The number of aliphatic imine (C=N–C) groups is 1. The Balaban J connectivity index is 1.56. The summed E-state index contributed by atoms with van der Waals surface area (Å²) in [6.07, 6.45) is 3.07. The molecule has 1 N–H and O–H groups in total. The van der Waals surface area contributed by atoms with E-state index < -0.39 is 0 Å². The lowest BCUT2D eigenvalue weighted by Crippen LogP contribution is -2.41. The van der Waals surface area contributed by atoms with Crippen molar-refractivity contribution in [3.8, 4) is 17.2 Å². The first kappa shape index (κ1) is 21.8. The molecule has 162 valence electrons. The average Bonchev–Trinajstić information content (AvgIpc) is 3.25. The van der Waals surface area contributed by atoms with Crippen molar-refractivity contribution in [3.63, 3.8) is 0 Å². The van der Waals surface area contributed by atoms with Crippen LogP contribution in [0.1, 0.15) is 17.5 Å². The van der Waals surface area contributed by atoms with Crippen molar-refractivity contribution in [1.82, 2.24) is 10.2 Å². The molecule has 0 aromatic heterocycles. The van der Waals surface area contributed by atoms with Gasteiger partial charge in [-0.2, -0.15) is 0 Å². The maximum Gasteiger partial charge on any atom is 0.193 e. The Morgan fingerprint density at radius 3 is 2.37 bits per heavy atom. The van der Waals surface area contributed by atoms with Gasteiger partial charge in [-0.1, -0.05) is 30.3 Å². The Hall–Kier alpha value is -2.89. The summed E-state index contributed by atoms with van der Waals surface area (Å²) >= 11 is 0. The van der Waals surface area contributed by atoms with Gasteiger partial charge in [0.25, 0.3) is 0 Å². The lowest BCUT2D eigenvalue weighted by molar-refractivity contribution is 0.368. The fourth-order valence-electron chi connectivity index (χ4n) is 4.09. The molecule has 3 rings (SSSR count). The van der Waals surface area contributed by atoms with E-state index in [0.717, 1.165) is 61.2 Å². The molecule has 6 heteroatoms. The Kier molecular flexibility index (Phi) is 7.82. The van der Waals surface area contributed by atoms with Crippen molar-refractivity contribution in [1.29, 1.82) is 0 Å². The van der Waals surface area contributed by atoms with E-state index in [0.29, 0.717) is 5.92 Å². The number of nitrogens with one attached hydrogen (secondary N) is 1. The van der Waals surface area contributed by atoms with Gasteiger partial charge in [-0.15, -0.1) is 0 Å². The van der Waals surface area contributed by atoms with Gasteiger partial charge in [0.05, 0.1) is 21.3 Å². The fourth-order valence-corrected chi connectivity index (χ4v) is 4.09. The number of hydrogen-bond donors (Lipinski definition) is 1. The number of nitrogens with zero attached hydrogens (tertiary/aromatic N) is 2. The molecule has 2 aromatic carbocycles. The van der Waals surface area contributed by atoms with Gasteiger partial charge in [-0.3, -0.25) is 4.99 Å². The van der Waals surface area contributed by atoms with Crippen LogP contribution in [0, 0.1) is 5.92 Å². The molecule has 0 bridgehead atoms. The zero-order valence-corrected chi connectivity index (χ0v) is 18.5. The van der Waals surface area contributed by atoms with E-state index in [1.807, 2.05) is 19.2 Å². The average molecular weight is 412 g/mol. The predicted octanol–water partition coefficient (Wildman–Crippen LogP) is 3.39. The number of ether oxygens (including phenoxy) is 3. The first-order chi connectivity index (χ1) is 14.7. The Bertz CT molecular complexity index is 814. The van der Waals surface area contributed by atoms with Gasteiger partial charge in [0.15, 0.2) is 5.96 Å². The number of benzene rings is 2. The van der Waals surface area contributed by atoms with Crippen molar-refractivity contribution in [3.05, 3.63) is 53.6 Å². The second-order valence-electron chi connectivity index (χ2n) is 7.52. The quantitative estimate of drug-likeness (QED) is 0.533. The summed E-state index contributed by atoms with van der Waals surface area (Å²) in [5.41, 5.74) is 2.43. The molecule has 1 aliphatic heterocycles. The van der Waals surface area contributed by atoms with E-state index in [4.69, 9.17) is 14.2 Å². The number of hydrogen-bond acceptors (Lipinski definition) is 4. The molecule has 1 fully saturated rings. The van der Waals surface area contributed by atoms with Gasteiger partial charge < -0.3 is 24.4 Å². The van der Waals surface area contributed by atoms with E-state index in [1.165, 1.54) is 12.0 Å². The van der Waals surface area contributed by atoms with Crippen molar-refractivity contribution >= 4 is 5.96 Å². The lowest BCUT2D eigenvalue weighted by Gasteiger charge is -2.22. The monoisotopic (exact) mass is 411 g/mol. The molecule has 1 aliphatic rings. The predicted molar refractivity (Wildman–Crippen MR) is 121 cm³/mol. The third-order valence-corrected chi connectivity index (χ3v) is 5.64. The van der Waals surface area contributed by atoms with Gasteiger partial charge in [0, 0.05) is 44.4 Å². The molecule has 1 saturated heterocycles. The van der Waals surface area contributed by atoms with Gasteiger partial charge in [-0.25, -0.2) is 0 Å². The van der Waals surface area contributed by atoms with Crippen molar-refractivity contribution < 1.29 is 14.2 Å². The van der Waals surface area contributed by atoms with Crippen LogP contribution >= 0.6 is 0 Å². The van der Waals surface area contributed by atoms with Crippen LogP contribution in [-0.2, 0) is 12.8 Å². The molecule has 0 amide bonds. The normalized spacial score (nSPS) is 16.5. The van der Waals surface area contributed by atoms with Gasteiger partial charge in [0.2, 0.25) is 0 Å². The van der Waals surface area contributed by atoms with Crippen LogP contribution in [0.15, 0.2) is 47.5 Å². The van der Waals surface area contributed by atoms with Crippen LogP contribution in [0.5, 0.6) is 17.2 Å². The standard InChI is InChI=1S/C24H33N3O3/c1-25-24(27-13-11-19(17-27)14-18-8-6-5-7-9-18)26-12-10-21-22(29-3)15-20(28-2)16-23(21)30-4/h5-9,15-16,19H,10-14,17H2,1-4H3,(H,25,26). The van der Waals surface area contributed by atoms with Crippen molar-refractivity contribution in [2.75, 3.05) is 48.0 Å². The van der Waals surface area contributed by atoms with E-state index in [9.17, 15) is 0 Å². The third-order valence-electron chi connectivity index (χ3n) is 5.64. The van der Waals surface area contributed by atoms with E-state index in [1.54, 1.807) is 21.3 Å². The molecule has 30 heavy (non-hydrogen) atoms. The van der Waals surface area contributed by atoms with Crippen molar-refractivity contribution in [2.24, 2.45) is 10.9 Å². The second kappa shape index (κ2) is 10.8. The first-order valence-electron chi connectivity index (χ1n) is 10.5. The summed E-state index contributed by atoms with van der Waals surface area (Å²) in [5.74, 6) is 3.88. The van der Waals surface area contributed by atoms with Gasteiger partial charge in [-0.05, 0) is 30.7 Å². The number of likely N-dealkylation sites (tertiary alicyclic amines) is 1. The van der Waals surface area contributed by atoms with Crippen LogP contribution in [0.3, 0.4) is 0 Å². The second-order valence-corrected chi connectivity index (χ2v) is 7.52. The lowest BCUT2D eigenvalue weighted by atomic mass is 9.99. The molecular weight excluding hydrogens is 378 g/mol. The molecule has 1 atom stereocenters. The van der Waals surface area contributed by atoms with Crippen LogP contribution in [0.4, 0.5) is 0 Å². The highest BCUT2D eigenvalue weighted by Gasteiger charge is 2.25. The Labute approximate surface area is 179 Å². The maximum atomic E-state index is 5.56. The smallest absolute Gasteiger partial charge is 0.193 e. The van der Waals surface area contributed by atoms with Crippen LogP contribution < -0.4 is 19.5 Å². The molecule has 0 radical (unpaired) electrons. The molecule has 1 heterocycles. The molecule has 1 unspecified atom stereocenters. The zero-order valence-electron chi connectivity index (χ0n) is 18.5. The maximum absolute atomic E-state index is 5.56. The summed E-state index contributed by atoms with van der Waals surface area (Å²) < 4.78 is 16.4. The number of guanidine groups is 1. The van der Waals surface area contributed by atoms with E-state index in [-0.39, 0.29) is 0 Å². The molecule has 6 nitrogen and oxygen atoms in total. The first-order valence-corrected chi connectivity index (χ1v) is 10.5. The van der Waals surface area contributed by atoms with Crippen LogP contribution in [-0.4, -0.2) is 58.9 Å². The minimum Gasteiger partial charge on any atom is -0.496 e. The summed E-state index contributed by atoms with van der Waals surface area (Å²) in [4.78, 5) is 6.86. The number of methoxy groups -OCH3 is 3. The molecule has 0 aliphatic carbocycles. The zero-order chi connectivity index (χ0) is 21.3. The van der Waals surface area contributed by atoms with Crippen LogP contribution in [0.2, 0.25) is 0 Å². The SMILES string of the molecule is CN=C(NCCc1c(OC)cc(OC)cc1OC)N1CCC(Cc2ccccc2)C1. The van der Waals surface area contributed by atoms with Gasteiger partial charge in [0.1, 0.15) is 17.2 Å². The summed E-state index contributed by atoms with van der Waals surface area (Å²) in [6.45, 7) is 2.81. The minimum absolute atomic E-state index is 0.660. The highest BCUT2D eigenvalue weighted by atomic mass is 16.5. The molecule has 2 aromatic rings. The molecular formula is C24H33N3O3. The van der Waals surface area contributed by atoms with Gasteiger partial charge >= 0.3 is 0 Å². The van der Waals surface area contributed by atoms with Crippen LogP contribution in [0.25, 0.3) is 0 Å². The Morgan fingerprint density at radius 2 is 1.77 bits per heavy atom. The summed E-state index contributed by atoms with van der Waals surface area (Å²) in [6, 6.07) is 14.5.